The van der Waals surface area contributed by atoms with Crippen LogP contribution < -0.4 is 0 Å². The summed E-state index contributed by atoms with van der Waals surface area (Å²) in [6.45, 7) is 2.76. The van der Waals surface area contributed by atoms with Gasteiger partial charge in [-0.15, -0.1) is 11.3 Å². The molecule has 2 atom stereocenters. The lowest BCUT2D eigenvalue weighted by Crippen LogP contribution is -2.40. The summed E-state index contributed by atoms with van der Waals surface area (Å²) in [7, 11) is 0. The van der Waals surface area contributed by atoms with E-state index in [0.29, 0.717) is 5.02 Å². The highest BCUT2D eigenvalue weighted by molar-refractivity contribution is 7.10. The smallest absolute Gasteiger partial charge is 0.325 e. The van der Waals surface area contributed by atoms with Crippen molar-refractivity contribution >= 4 is 28.9 Å². The topological polar surface area (TPSA) is 40.5 Å². The van der Waals surface area contributed by atoms with Gasteiger partial charge in [0.05, 0.1) is 0 Å². The summed E-state index contributed by atoms with van der Waals surface area (Å²) in [5.74, 6) is -0.798. The lowest BCUT2D eigenvalue weighted by Gasteiger charge is -2.38. The van der Waals surface area contributed by atoms with E-state index in [2.05, 4.69) is 0 Å². The molecule has 0 bridgehead atoms. The number of carboxylic acid groups (broad SMARTS) is 1. The first-order chi connectivity index (χ1) is 10.1. The molecule has 0 aliphatic carbocycles. The monoisotopic (exact) mass is 321 g/mol. The molecule has 3 rings (SSSR count). The third kappa shape index (κ3) is 2.59. The van der Waals surface area contributed by atoms with Crippen LogP contribution in [-0.2, 0) is 11.2 Å². The molecule has 1 aromatic heterocycles. The minimum atomic E-state index is -0.798. The summed E-state index contributed by atoms with van der Waals surface area (Å²) in [5.41, 5.74) is 1.90. The van der Waals surface area contributed by atoms with Gasteiger partial charge in [-0.1, -0.05) is 29.8 Å². The van der Waals surface area contributed by atoms with E-state index >= 15 is 0 Å². The van der Waals surface area contributed by atoms with Crippen molar-refractivity contribution in [3.63, 3.8) is 0 Å². The Hall–Kier alpha value is -1.36. The van der Waals surface area contributed by atoms with Gasteiger partial charge in [-0.2, -0.15) is 0 Å². The highest BCUT2D eigenvalue weighted by atomic mass is 35.5. The van der Waals surface area contributed by atoms with Crippen molar-refractivity contribution in [3.05, 3.63) is 56.7 Å². The van der Waals surface area contributed by atoms with E-state index in [1.54, 1.807) is 11.3 Å². The minimum absolute atomic E-state index is 0.0344. The maximum absolute atomic E-state index is 11.8. The molecule has 3 nitrogen and oxygen atoms in total. The lowest BCUT2D eigenvalue weighted by atomic mass is 9.95. The van der Waals surface area contributed by atoms with Gasteiger partial charge in [0.15, 0.2) is 0 Å². The van der Waals surface area contributed by atoms with Gasteiger partial charge in [0.1, 0.15) is 6.04 Å². The molecule has 0 saturated carbocycles. The molecule has 21 heavy (non-hydrogen) atoms. The molecule has 5 heteroatoms. The van der Waals surface area contributed by atoms with Crippen LogP contribution in [0.1, 0.15) is 35.0 Å². The highest BCUT2D eigenvalue weighted by Crippen LogP contribution is 2.39. The van der Waals surface area contributed by atoms with Gasteiger partial charge in [0.25, 0.3) is 0 Å². The van der Waals surface area contributed by atoms with E-state index in [1.807, 2.05) is 47.5 Å². The Morgan fingerprint density at radius 2 is 2.19 bits per heavy atom. The van der Waals surface area contributed by atoms with Crippen LogP contribution >= 0.6 is 22.9 Å². The molecule has 0 radical (unpaired) electrons. The van der Waals surface area contributed by atoms with E-state index in [-0.39, 0.29) is 6.04 Å². The number of nitrogens with zero attached hydrogens (tertiary/aromatic N) is 1. The average molecular weight is 322 g/mol. The molecule has 0 fully saturated rings. The molecule has 1 aliphatic rings. The molecule has 1 aliphatic heterocycles. The van der Waals surface area contributed by atoms with Crippen molar-refractivity contribution in [2.75, 3.05) is 6.54 Å². The number of carbonyl (C=O) groups is 1. The molecule has 0 amide bonds. The Labute approximate surface area is 132 Å². The fraction of sp³-hybridized carbons (Fsp3) is 0.312. The third-order valence-electron chi connectivity index (χ3n) is 4.09. The minimum Gasteiger partial charge on any atom is -0.480 e. The van der Waals surface area contributed by atoms with Gasteiger partial charge in [0, 0.05) is 22.5 Å². The number of benzene rings is 1. The van der Waals surface area contributed by atoms with Crippen molar-refractivity contribution in [2.45, 2.75) is 25.4 Å². The molecule has 0 spiro atoms. The number of rotatable bonds is 3. The fourth-order valence-corrected chi connectivity index (χ4v) is 4.22. The summed E-state index contributed by atoms with van der Waals surface area (Å²) in [4.78, 5) is 15.0. The molecule has 1 aromatic carbocycles. The van der Waals surface area contributed by atoms with Crippen molar-refractivity contribution in [1.29, 1.82) is 0 Å². The molecule has 2 heterocycles. The Morgan fingerprint density at radius 1 is 1.43 bits per heavy atom. The maximum Gasteiger partial charge on any atom is 0.325 e. The highest BCUT2D eigenvalue weighted by Gasteiger charge is 2.36. The standard InChI is InChI=1S/C16H16ClNO2S/c1-10(11-4-2-3-5-13(11)17)18-8-6-14-12(7-9-21-14)15(18)16(19)20/h2-5,7,9-10,15H,6,8H2,1H3,(H,19,20). The van der Waals surface area contributed by atoms with Crippen molar-refractivity contribution in [3.8, 4) is 0 Å². The Morgan fingerprint density at radius 3 is 2.90 bits per heavy atom. The van der Waals surface area contributed by atoms with Gasteiger partial charge < -0.3 is 5.11 Å². The summed E-state index contributed by atoms with van der Waals surface area (Å²) in [5, 5.41) is 12.3. The van der Waals surface area contributed by atoms with Crippen LogP contribution in [0.2, 0.25) is 5.02 Å². The summed E-state index contributed by atoms with van der Waals surface area (Å²) >= 11 is 7.92. The Balaban J connectivity index is 1.98. The van der Waals surface area contributed by atoms with Crippen LogP contribution in [0.3, 0.4) is 0 Å². The Bertz CT molecular complexity index is 670. The number of hydrogen-bond acceptors (Lipinski definition) is 3. The van der Waals surface area contributed by atoms with E-state index in [9.17, 15) is 9.90 Å². The second-order valence-corrected chi connectivity index (χ2v) is 6.63. The number of hydrogen-bond donors (Lipinski definition) is 1. The van der Waals surface area contributed by atoms with Crippen molar-refractivity contribution < 1.29 is 9.90 Å². The van der Waals surface area contributed by atoms with E-state index in [4.69, 9.17) is 11.6 Å². The van der Waals surface area contributed by atoms with Crippen LogP contribution in [0.4, 0.5) is 0 Å². The second kappa shape index (κ2) is 5.79. The summed E-state index contributed by atoms with van der Waals surface area (Å²) in [6, 6.07) is 8.95. The van der Waals surface area contributed by atoms with Gasteiger partial charge in [-0.3, -0.25) is 9.69 Å². The summed E-state index contributed by atoms with van der Waals surface area (Å²) < 4.78 is 0. The van der Waals surface area contributed by atoms with Crippen molar-refractivity contribution in [1.82, 2.24) is 4.90 Å². The van der Waals surface area contributed by atoms with Crippen LogP contribution in [-0.4, -0.2) is 22.5 Å². The zero-order valence-electron chi connectivity index (χ0n) is 11.6. The molecule has 2 unspecified atom stereocenters. The van der Waals surface area contributed by atoms with E-state index in [1.165, 1.54) is 4.88 Å². The maximum atomic E-state index is 11.8. The van der Waals surface area contributed by atoms with Gasteiger partial charge in [-0.05, 0) is 42.0 Å². The molecule has 0 saturated heterocycles. The predicted molar refractivity (Wildman–Crippen MR) is 85.0 cm³/mol. The number of halogens is 1. The van der Waals surface area contributed by atoms with Gasteiger partial charge in [0.2, 0.25) is 0 Å². The first kappa shape index (κ1) is 14.6. The predicted octanol–water partition coefficient (Wildman–Crippen LogP) is 4.15. The lowest BCUT2D eigenvalue weighted by molar-refractivity contribution is -0.145. The van der Waals surface area contributed by atoms with E-state index < -0.39 is 12.0 Å². The zero-order chi connectivity index (χ0) is 15.0. The largest absolute Gasteiger partial charge is 0.480 e. The van der Waals surface area contributed by atoms with Crippen LogP contribution in [0.25, 0.3) is 0 Å². The average Bonchev–Trinajstić information content (AvgIpc) is 2.94. The number of fused-ring (bicyclic) bond motifs is 1. The van der Waals surface area contributed by atoms with Crippen LogP contribution in [0.15, 0.2) is 35.7 Å². The Kier molecular flexibility index (Phi) is 4.02. The molecular formula is C16H16ClNO2S. The number of aliphatic carboxylic acids is 1. The molecule has 2 aromatic rings. The molecule has 1 N–H and O–H groups in total. The SMILES string of the molecule is CC(c1ccccc1Cl)N1CCc2sccc2C1C(=O)O. The second-order valence-electron chi connectivity index (χ2n) is 5.23. The van der Waals surface area contributed by atoms with Crippen molar-refractivity contribution in [2.24, 2.45) is 0 Å². The number of thiophene rings is 1. The van der Waals surface area contributed by atoms with E-state index in [0.717, 1.165) is 24.1 Å². The first-order valence-electron chi connectivity index (χ1n) is 6.89. The third-order valence-corrected chi connectivity index (χ3v) is 5.43. The van der Waals surface area contributed by atoms with Gasteiger partial charge >= 0.3 is 5.97 Å². The first-order valence-corrected chi connectivity index (χ1v) is 8.14. The quantitative estimate of drug-likeness (QED) is 0.923. The molecular weight excluding hydrogens is 306 g/mol. The fourth-order valence-electron chi connectivity index (χ4n) is 3.02. The van der Waals surface area contributed by atoms with Gasteiger partial charge in [-0.25, -0.2) is 0 Å². The van der Waals surface area contributed by atoms with Crippen LogP contribution in [0, 0.1) is 0 Å². The zero-order valence-corrected chi connectivity index (χ0v) is 13.2. The number of carboxylic acids is 1. The molecule has 110 valence electrons. The normalized spacial score (nSPS) is 20.0. The summed E-state index contributed by atoms with van der Waals surface area (Å²) in [6.07, 6.45) is 0.894. The van der Waals surface area contributed by atoms with Crippen LogP contribution in [0.5, 0.6) is 0 Å².